The first kappa shape index (κ1) is 22.1. The maximum Gasteiger partial charge on any atom is 0.315 e. The van der Waals surface area contributed by atoms with Gasteiger partial charge in [-0.2, -0.15) is 0 Å². The van der Waals surface area contributed by atoms with Crippen molar-refractivity contribution < 1.29 is 22.3 Å². The van der Waals surface area contributed by atoms with Gasteiger partial charge >= 0.3 is 6.01 Å². The van der Waals surface area contributed by atoms with Crippen molar-refractivity contribution in [3.8, 4) is 11.5 Å². The van der Waals surface area contributed by atoms with E-state index in [0.29, 0.717) is 26.2 Å². The van der Waals surface area contributed by atoms with Gasteiger partial charge in [0.15, 0.2) is 11.6 Å². The molecule has 0 saturated carbocycles. The van der Waals surface area contributed by atoms with Crippen LogP contribution in [0.5, 0.6) is 0 Å². The summed E-state index contributed by atoms with van der Waals surface area (Å²) in [5.41, 5.74) is 0.641. The van der Waals surface area contributed by atoms with E-state index < -0.39 is 17.5 Å². The number of aryl methyl sites for hydroxylation is 1. The summed E-state index contributed by atoms with van der Waals surface area (Å²) in [5, 5.41) is 13.5. The van der Waals surface area contributed by atoms with E-state index in [1.54, 1.807) is 6.07 Å². The highest BCUT2D eigenvalue weighted by molar-refractivity contribution is 5.78. The van der Waals surface area contributed by atoms with Gasteiger partial charge in [0.25, 0.3) is 5.89 Å². The number of hydrogen-bond acceptors (Lipinski definition) is 7. The molecule has 0 aliphatic carbocycles. The van der Waals surface area contributed by atoms with Crippen molar-refractivity contribution >= 4 is 17.4 Å². The van der Waals surface area contributed by atoms with E-state index in [1.807, 2.05) is 6.92 Å². The average Bonchev–Trinajstić information content (AvgIpc) is 3.27. The van der Waals surface area contributed by atoms with Crippen LogP contribution in [0.25, 0.3) is 11.5 Å². The van der Waals surface area contributed by atoms with E-state index in [0.717, 1.165) is 31.3 Å². The zero-order valence-electron chi connectivity index (χ0n) is 17.6. The predicted molar refractivity (Wildman–Crippen MR) is 114 cm³/mol. The highest BCUT2D eigenvalue weighted by atomic mass is 19.2. The molecular weight excluding hydrogens is 423 g/mol. The van der Waals surface area contributed by atoms with E-state index in [9.17, 15) is 13.2 Å². The SMILES string of the molecule is CCc1ccc(Nc2c(-c3nnc(NCCN4CCOCC4)o3)ccc(F)c2F)c(F)c1. The molecule has 7 nitrogen and oxygen atoms in total. The average molecular weight is 447 g/mol. The van der Waals surface area contributed by atoms with Crippen LogP contribution in [0.1, 0.15) is 12.5 Å². The van der Waals surface area contributed by atoms with Crippen molar-refractivity contribution in [2.45, 2.75) is 13.3 Å². The van der Waals surface area contributed by atoms with Crippen molar-refractivity contribution in [3.63, 3.8) is 0 Å². The molecule has 0 spiro atoms. The number of aromatic nitrogens is 2. The Labute approximate surface area is 183 Å². The van der Waals surface area contributed by atoms with Crippen LogP contribution in [0.3, 0.4) is 0 Å². The van der Waals surface area contributed by atoms with E-state index >= 15 is 0 Å². The number of anilines is 3. The molecule has 1 aromatic heterocycles. The van der Waals surface area contributed by atoms with Gasteiger partial charge < -0.3 is 19.8 Å². The first-order valence-corrected chi connectivity index (χ1v) is 10.5. The minimum Gasteiger partial charge on any atom is -0.403 e. The maximum absolute atomic E-state index is 14.6. The van der Waals surface area contributed by atoms with Gasteiger partial charge in [0.05, 0.1) is 30.2 Å². The molecule has 0 atom stereocenters. The number of benzene rings is 2. The molecule has 32 heavy (non-hydrogen) atoms. The molecule has 1 aliphatic rings. The molecule has 0 radical (unpaired) electrons. The Bertz CT molecular complexity index is 1070. The van der Waals surface area contributed by atoms with Crippen molar-refractivity contribution in [1.29, 1.82) is 0 Å². The molecular formula is C22H24F3N5O2. The number of ether oxygens (including phenoxy) is 1. The third kappa shape index (κ3) is 5.03. The monoisotopic (exact) mass is 447 g/mol. The number of morpholine rings is 1. The lowest BCUT2D eigenvalue weighted by Gasteiger charge is -2.26. The van der Waals surface area contributed by atoms with Crippen molar-refractivity contribution in [2.75, 3.05) is 50.0 Å². The van der Waals surface area contributed by atoms with Gasteiger partial charge in [0, 0.05) is 26.2 Å². The number of halogens is 3. The molecule has 2 heterocycles. The van der Waals surface area contributed by atoms with E-state index in [1.165, 1.54) is 18.2 Å². The topological polar surface area (TPSA) is 75.5 Å². The smallest absolute Gasteiger partial charge is 0.315 e. The fourth-order valence-electron chi connectivity index (χ4n) is 3.41. The van der Waals surface area contributed by atoms with Gasteiger partial charge in [-0.25, -0.2) is 13.2 Å². The minimum atomic E-state index is -1.17. The van der Waals surface area contributed by atoms with Gasteiger partial charge in [0.1, 0.15) is 5.82 Å². The second kappa shape index (κ2) is 10.0. The first-order chi connectivity index (χ1) is 15.5. The summed E-state index contributed by atoms with van der Waals surface area (Å²) in [6.45, 7) is 6.36. The predicted octanol–water partition coefficient (Wildman–Crippen LogP) is 4.20. The fourth-order valence-corrected chi connectivity index (χ4v) is 3.41. The minimum absolute atomic E-state index is 0.0105. The second-order valence-electron chi connectivity index (χ2n) is 7.37. The van der Waals surface area contributed by atoms with Gasteiger partial charge in [-0.3, -0.25) is 4.90 Å². The summed E-state index contributed by atoms with van der Waals surface area (Å²) in [5.74, 6) is -2.84. The number of nitrogens with zero attached hydrogens (tertiary/aromatic N) is 3. The zero-order valence-corrected chi connectivity index (χ0v) is 17.6. The molecule has 0 amide bonds. The molecule has 1 saturated heterocycles. The summed E-state index contributed by atoms with van der Waals surface area (Å²) in [7, 11) is 0. The summed E-state index contributed by atoms with van der Waals surface area (Å²) in [6, 6.07) is 6.97. The maximum atomic E-state index is 14.6. The van der Waals surface area contributed by atoms with E-state index in [4.69, 9.17) is 9.15 Å². The molecule has 1 aliphatic heterocycles. The van der Waals surface area contributed by atoms with E-state index in [-0.39, 0.29) is 28.8 Å². The lowest BCUT2D eigenvalue weighted by Crippen LogP contribution is -2.39. The molecule has 2 aromatic carbocycles. The number of nitrogens with one attached hydrogen (secondary N) is 2. The molecule has 2 N–H and O–H groups in total. The Kier molecular flexibility index (Phi) is 6.91. The fraction of sp³-hybridized carbons (Fsp3) is 0.364. The third-order valence-electron chi connectivity index (χ3n) is 5.26. The lowest BCUT2D eigenvalue weighted by molar-refractivity contribution is 0.0398. The molecule has 3 aromatic rings. The summed E-state index contributed by atoms with van der Waals surface area (Å²) >= 11 is 0. The lowest BCUT2D eigenvalue weighted by atomic mass is 10.1. The van der Waals surface area contributed by atoms with Crippen LogP contribution in [-0.4, -0.2) is 54.5 Å². The van der Waals surface area contributed by atoms with Crippen LogP contribution < -0.4 is 10.6 Å². The highest BCUT2D eigenvalue weighted by Crippen LogP contribution is 2.34. The Morgan fingerprint density at radius 2 is 1.84 bits per heavy atom. The molecule has 170 valence electrons. The molecule has 0 bridgehead atoms. The van der Waals surface area contributed by atoms with Gasteiger partial charge in [0.2, 0.25) is 0 Å². The normalized spacial score (nSPS) is 14.5. The van der Waals surface area contributed by atoms with Crippen LogP contribution in [-0.2, 0) is 11.2 Å². The van der Waals surface area contributed by atoms with Crippen LogP contribution in [0.4, 0.5) is 30.6 Å². The van der Waals surface area contributed by atoms with Crippen molar-refractivity contribution in [3.05, 3.63) is 53.3 Å². The van der Waals surface area contributed by atoms with Crippen LogP contribution in [0.2, 0.25) is 0 Å². The summed E-state index contributed by atoms with van der Waals surface area (Å²) in [6.07, 6.45) is 0.653. The second-order valence-corrected chi connectivity index (χ2v) is 7.37. The standard InChI is InChI=1S/C22H24F3N5O2/c1-2-14-3-6-18(17(24)13-14)27-20-15(4-5-16(23)19(20)25)21-28-29-22(32-21)26-7-8-30-9-11-31-12-10-30/h3-6,13,27H,2,7-12H2,1H3,(H,26,29). The van der Waals surface area contributed by atoms with Crippen LogP contribution in [0.15, 0.2) is 34.7 Å². The quantitative estimate of drug-likeness (QED) is 0.536. The van der Waals surface area contributed by atoms with Gasteiger partial charge in [-0.05, 0) is 36.2 Å². The number of hydrogen-bond donors (Lipinski definition) is 2. The zero-order chi connectivity index (χ0) is 22.5. The Morgan fingerprint density at radius 3 is 2.59 bits per heavy atom. The first-order valence-electron chi connectivity index (χ1n) is 10.5. The molecule has 4 rings (SSSR count). The largest absolute Gasteiger partial charge is 0.403 e. The Balaban J connectivity index is 1.52. The molecule has 0 unspecified atom stereocenters. The van der Waals surface area contributed by atoms with Crippen LogP contribution >= 0.6 is 0 Å². The van der Waals surface area contributed by atoms with Gasteiger partial charge in [-0.1, -0.05) is 18.1 Å². The van der Waals surface area contributed by atoms with Gasteiger partial charge in [-0.15, -0.1) is 5.10 Å². The molecule has 1 fully saturated rings. The third-order valence-corrected chi connectivity index (χ3v) is 5.26. The molecule has 10 heteroatoms. The number of rotatable bonds is 8. The Hall–Kier alpha value is -3.11. The summed E-state index contributed by atoms with van der Waals surface area (Å²) in [4.78, 5) is 2.24. The Morgan fingerprint density at radius 1 is 1.03 bits per heavy atom. The van der Waals surface area contributed by atoms with E-state index in [2.05, 4.69) is 25.7 Å². The van der Waals surface area contributed by atoms with Crippen molar-refractivity contribution in [2.24, 2.45) is 0 Å². The van der Waals surface area contributed by atoms with Crippen LogP contribution in [0, 0.1) is 17.5 Å². The summed E-state index contributed by atoms with van der Waals surface area (Å²) < 4.78 is 53.9. The van der Waals surface area contributed by atoms with Crippen molar-refractivity contribution in [1.82, 2.24) is 15.1 Å². The highest BCUT2D eigenvalue weighted by Gasteiger charge is 2.21.